The second kappa shape index (κ2) is 8.59. The van der Waals surface area contributed by atoms with E-state index in [1.54, 1.807) is 0 Å². The topological polar surface area (TPSA) is 52.6 Å². The minimum Gasteiger partial charge on any atom is -0.459 e. The first-order valence-electron chi connectivity index (χ1n) is 8.84. The zero-order valence-electron chi connectivity index (χ0n) is 14.9. The van der Waals surface area contributed by atoms with Gasteiger partial charge in [-0.05, 0) is 49.9 Å². The lowest BCUT2D eigenvalue weighted by atomic mass is 9.98. The van der Waals surface area contributed by atoms with Crippen LogP contribution in [0, 0.1) is 29.1 Å². The van der Waals surface area contributed by atoms with E-state index in [4.69, 9.17) is 4.74 Å². The van der Waals surface area contributed by atoms with Gasteiger partial charge in [-0.2, -0.15) is 0 Å². The normalized spacial score (nSPS) is 14.5. The SMILES string of the molecule is O=C(OC1CCCCC1)c1ccc(OC(=O)c2c(F)c(F)c(F)c(F)c2F)cc1. The summed E-state index contributed by atoms with van der Waals surface area (Å²) in [6.07, 6.45) is 4.45. The van der Waals surface area contributed by atoms with Crippen molar-refractivity contribution in [2.45, 2.75) is 38.2 Å². The molecule has 0 N–H and O–H groups in total. The molecule has 0 radical (unpaired) electrons. The zero-order chi connectivity index (χ0) is 21.1. The first-order chi connectivity index (χ1) is 13.8. The van der Waals surface area contributed by atoms with Gasteiger partial charge >= 0.3 is 11.9 Å². The highest BCUT2D eigenvalue weighted by molar-refractivity contribution is 5.92. The molecule has 9 heteroatoms. The molecule has 0 heterocycles. The maximum atomic E-state index is 13.7. The molecule has 1 saturated carbocycles. The fourth-order valence-electron chi connectivity index (χ4n) is 3.00. The molecule has 2 aromatic rings. The molecule has 1 aliphatic carbocycles. The Balaban J connectivity index is 1.71. The molecule has 0 bridgehead atoms. The molecule has 1 aliphatic rings. The summed E-state index contributed by atoms with van der Waals surface area (Å²) in [7, 11) is 0. The Bertz CT molecular complexity index is 908. The molecule has 0 aliphatic heterocycles. The number of hydrogen-bond acceptors (Lipinski definition) is 4. The second-order valence-corrected chi connectivity index (χ2v) is 6.52. The van der Waals surface area contributed by atoms with E-state index in [2.05, 4.69) is 4.74 Å². The van der Waals surface area contributed by atoms with Gasteiger partial charge in [0.15, 0.2) is 23.3 Å². The predicted octanol–water partition coefficient (Wildman–Crippen LogP) is 5.09. The van der Waals surface area contributed by atoms with E-state index in [1.807, 2.05) is 0 Å². The van der Waals surface area contributed by atoms with Gasteiger partial charge in [-0.1, -0.05) is 6.42 Å². The highest BCUT2D eigenvalue weighted by atomic mass is 19.2. The smallest absolute Gasteiger partial charge is 0.349 e. The number of carbonyl (C=O) groups excluding carboxylic acids is 2. The summed E-state index contributed by atoms with van der Waals surface area (Å²) in [6, 6.07) is 4.79. The molecular weight excluding hydrogens is 399 g/mol. The third-order valence-corrected chi connectivity index (χ3v) is 4.54. The van der Waals surface area contributed by atoms with Gasteiger partial charge in [0.25, 0.3) is 0 Å². The lowest BCUT2D eigenvalue weighted by molar-refractivity contribution is 0.0211. The van der Waals surface area contributed by atoms with Crippen molar-refractivity contribution in [3.05, 3.63) is 64.5 Å². The van der Waals surface area contributed by atoms with Gasteiger partial charge in [0.1, 0.15) is 17.4 Å². The lowest BCUT2D eigenvalue weighted by Crippen LogP contribution is -2.21. The van der Waals surface area contributed by atoms with E-state index in [9.17, 15) is 31.5 Å². The molecule has 0 saturated heterocycles. The van der Waals surface area contributed by atoms with E-state index >= 15 is 0 Å². The van der Waals surface area contributed by atoms with Crippen LogP contribution in [-0.2, 0) is 4.74 Å². The van der Waals surface area contributed by atoms with Crippen molar-refractivity contribution in [3.8, 4) is 5.75 Å². The van der Waals surface area contributed by atoms with E-state index in [1.165, 1.54) is 12.1 Å². The summed E-state index contributed by atoms with van der Waals surface area (Å²) in [5.74, 6) is -14.1. The van der Waals surface area contributed by atoms with Crippen molar-refractivity contribution in [3.63, 3.8) is 0 Å². The summed E-state index contributed by atoms with van der Waals surface area (Å²) in [4.78, 5) is 24.0. The molecular formula is C20H15F5O4. The Morgan fingerprint density at radius 1 is 0.724 bits per heavy atom. The predicted molar refractivity (Wildman–Crippen MR) is 89.9 cm³/mol. The second-order valence-electron chi connectivity index (χ2n) is 6.52. The van der Waals surface area contributed by atoms with Crippen molar-refractivity contribution in [2.24, 2.45) is 0 Å². The van der Waals surface area contributed by atoms with Crippen LogP contribution in [0.25, 0.3) is 0 Å². The van der Waals surface area contributed by atoms with Gasteiger partial charge in [-0.15, -0.1) is 0 Å². The van der Waals surface area contributed by atoms with Crippen molar-refractivity contribution >= 4 is 11.9 Å². The number of esters is 2. The van der Waals surface area contributed by atoms with Gasteiger partial charge in [-0.25, -0.2) is 31.5 Å². The molecule has 0 atom stereocenters. The average Bonchev–Trinajstić information content (AvgIpc) is 2.72. The van der Waals surface area contributed by atoms with E-state index in [0.29, 0.717) is 0 Å². The third-order valence-electron chi connectivity index (χ3n) is 4.54. The van der Waals surface area contributed by atoms with Crippen LogP contribution in [0.2, 0.25) is 0 Å². The molecule has 29 heavy (non-hydrogen) atoms. The summed E-state index contributed by atoms with van der Waals surface area (Å²) in [6.45, 7) is 0. The largest absolute Gasteiger partial charge is 0.459 e. The van der Waals surface area contributed by atoms with E-state index in [-0.39, 0.29) is 17.4 Å². The van der Waals surface area contributed by atoms with Crippen LogP contribution in [0.4, 0.5) is 22.0 Å². The fourth-order valence-corrected chi connectivity index (χ4v) is 3.00. The molecule has 3 rings (SSSR count). The summed E-state index contributed by atoms with van der Waals surface area (Å²) < 4.78 is 76.9. The van der Waals surface area contributed by atoms with Crippen molar-refractivity contribution < 1.29 is 41.0 Å². The van der Waals surface area contributed by atoms with Crippen LogP contribution in [-0.4, -0.2) is 18.0 Å². The molecule has 0 unspecified atom stereocenters. The molecule has 0 amide bonds. The summed E-state index contributed by atoms with van der Waals surface area (Å²) in [5.41, 5.74) is -1.55. The highest BCUT2D eigenvalue weighted by Gasteiger charge is 2.31. The first kappa shape index (κ1) is 20.8. The monoisotopic (exact) mass is 414 g/mol. The van der Waals surface area contributed by atoms with Crippen LogP contribution in [0.3, 0.4) is 0 Å². The van der Waals surface area contributed by atoms with Gasteiger partial charge in [0, 0.05) is 0 Å². The van der Waals surface area contributed by atoms with Gasteiger partial charge < -0.3 is 9.47 Å². The molecule has 1 fully saturated rings. The highest BCUT2D eigenvalue weighted by Crippen LogP contribution is 2.25. The molecule has 4 nitrogen and oxygen atoms in total. The fraction of sp³-hybridized carbons (Fsp3) is 0.300. The number of halogens is 5. The average molecular weight is 414 g/mol. The minimum absolute atomic E-state index is 0.159. The van der Waals surface area contributed by atoms with Gasteiger partial charge in [-0.3, -0.25) is 0 Å². The molecule has 2 aromatic carbocycles. The van der Waals surface area contributed by atoms with Crippen LogP contribution in [0.15, 0.2) is 24.3 Å². The number of hydrogen-bond donors (Lipinski definition) is 0. The summed E-state index contributed by atoms with van der Waals surface area (Å²) in [5, 5.41) is 0. The zero-order valence-corrected chi connectivity index (χ0v) is 14.9. The number of rotatable bonds is 4. The molecule has 154 valence electrons. The Morgan fingerprint density at radius 3 is 1.79 bits per heavy atom. The molecule has 0 aromatic heterocycles. The third kappa shape index (κ3) is 4.38. The van der Waals surface area contributed by atoms with Crippen molar-refractivity contribution in [1.29, 1.82) is 0 Å². The van der Waals surface area contributed by atoms with E-state index in [0.717, 1.165) is 44.2 Å². The number of ether oxygens (including phenoxy) is 2. The maximum Gasteiger partial charge on any atom is 0.349 e. The number of benzene rings is 2. The quantitative estimate of drug-likeness (QED) is 0.230. The minimum atomic E-state index is -2.38. The Kier molecular flexibility index (Phi) is 6.14. The van der Waals surface area contributed by atoms with Crippen LogP contribution < -0.4 is 4.74 Å². The van der Waals surface area contributed by atoms with Crippen LogP contribution in [0.5, 0.6) is 5.75 Å². The molecule has 0 spiro atoms. The van der Waals surface area contributed by atoms with E-state index < -0.39 is 46.6 Å². The standard InChI is InChI=1S/C20H15F5O4/c21-14-13(15(22)17(24)18(25)16(14)23)20(27)29-12-8-6-10(7-9-12)19(26)28-11-4-2-1-3-5-11/h6-9,11H,1-5H2. The number of carbonyl (C=O) groups is 2. The summed E-state index contributed by atoms with van der Waals surface area (Å²) >= 11 is 0. The van der Waals surface area contributed by atoms with Crippen molar-refractivity contribution in [2.75, 3.05) is 0 Å². The van der Waals surface area contributed by atoms with Crippen LogP contribution >= 0.6 is 0 Å². The Labute approximate surface area is 162 Å². The van der Waals surface area contributed by atoms with Gasteiger partial charge in [0.05, 0.1) is 5.56 Å². The Hall–Kier alpha value is -2.97. The Morgan fingerprint density at radius 2 is 1.24 bits per heavy atom. The van der Waals surface area contributed by atoms with Crippen LogP contribution in [0.1, 0.15) is 52.8 Å². The first-order valence-corrected chi connectivity index (χ1v) is 8.84. The maximum absolute atomic E-state index is 13.7. The van der Waals surface area contributed by atoms with Gasteiger partial charge in [0.2, 0.25) is 5.82 Å². The lowest BCUT2D eigenvalue weighted by Gasteiger charge is -2.21. The van der Waals surface area contributed by atoms with Crippen molar-refractivity contribution in [1.82, 2.24) is 0 Å².